The summed E-state index contributed by atoms with van der Waals surface area (Å²) in [5, 5.41) is 10.3. The summed E-state index contributed by atoms with van der Waals surface area (Å²) >= 11 is 6.23. The van der Waals surface area contributed by atoms with Gasteiger partial charge < -0.3 is 5.11 Å². The Labute approximate surface area is 136 Å². The lowest BCUT2D eigenvalue weighted by atomic mass is 9.41. The smallest absolute Gasteiger partial charge is 0.304 e. The third-order valence-corrected chi connectivity index (χ3v) is 7.33. The number of rotatable bonds is 3. The van der Waals surface area contributed by atoms with Crippen LogP contribution >= 0.6 is 11.6 Å². The molecule has 3 heteroatoms. The highest BCUT2D eigenvalue weighted by atomic mass is 35.5. The third kappa shape index (κ3) is 1.96. The predicted molar refractivity (Wildman–Crippen MR) is 87.0 cm³/mol. The lowest BCUT2D eigenvalue weighted by Crippen LogP contribution is -2.58. The van der Waals surface area contributed by atoms with Gasteiger partial charge in [-0.1, -0.05) is 30.7 Å². The van der Waals surface area contributed by atoms with Gasteiger partial charge >= 0.3 is 5.97 Å². The average molecular weight is 319 g/mol. The van der Waals surface area contributed by atoms with Crippen molar-refractivity contribution < 1.29 is 9.90 Å². The van der Waals surface area contributed by atoms with Gasteiger partial charge in [0.25, 0.3) is 0 Å². The summed E-state index contributed by atoms with van der Waals surface area (Å²) < 4.78 is 0. The van der Waals surface area contributed by atoms with Crippen LogP contribution in [0.2, 0.25) is 5.02 Å². The van der Waals surface area contributed by atoms with Gasteiger partial charge in [0.05, 0.1) is 6.42 Å². The van der Waals surface area contributed by atoms with E-state index in [1.165, 1.54) is 31.2 Å². The molecule has 0 heterocycles. The number of hydrogen-bond acceptors (Lipinski definition) is 1. The predicted octanol–water partition coefficient (Wildman–Crippen LogP) is 4.75. The highest BCUT2D eigenvalue weighted by molar-refractivity contribution is 6.30. The second-order valence-electron chi connectivity index (χ2n) is 7.84. The van der Waals surface area contributed by atoms with Gasteiger partial charge in [0, 0.05) is 10.4 Å². The molecule has 2 nitrogen and oxygen atoms in total. The molecule has 0 radical (unpaired) electrons. The van der Waals surface area contributed by atoms with E-state index in [9.17, 15) is 9.90 Å². The zero-order chi connectivity index (χ0) is 15.5. The molecule has 5 rings (SSSR count). The van der Waals surface area contributed by atoms with Crippen molar-refractivity contribution in [2.75, 3.05) is 0 Å². The number of aliphatic carboxylic acids is 1. The fourth-order valence-corrected chi connectivity index (χ4v) is 6.35. The number of benzene rings is 1. The normalized spacial score (nSPS) is 42.5. The van der Waals surface area contributed by atoms with Crippen LogP contribution in [0.15, 0.2) is 24.3 Å². The SMILES string of the molecule is CC1C2CC3CC1CC(C2)C3(CC(=O)O)c1cccc(Cl)c1. The van der Waals surface area contributed by atoms with E-state index in [0.29, 0.717) is 11.8 Å². The summed E-state index contributed by atoms with van der Waals surface area (Å²) in [6.45, 7) is 2.41. The van der Waals surface area contributed by atoms with E-state index < -0.39 is 5.97 Å². The maximum Gasteiger partial charge on any atom is 0.304 e. The van der Waals surface area contributed by atoms with E-state index in [-0.39, 0.29) is 11.8 Å². The van der Waals surface area contributed by atoms with Gasteiger partial charge in [-0.2, -0.15) is 0 Å². The number of carboxylic acids is 1. The van der Waals surface area contributed by atoms with Gasteiger partial charge in [-0.15, -0.1) is 0 Å². The molecule has 0 unspecified atom stereocenters. The zero-order valence-electron chi connectivity index (χ0n) is 13.0. The lowest BCUT2D eigenvalue weighted by molar-refractivity contribution is -0.147. The van der Waals surface area contributed by atoms with E-state index >= 15 is 0 Å². The summed E-state index contributed by atoms with van der Waals surface area (Å²) in [5.41, 5.74) is 0.980. The fraction of sp³-hybridized carbons (Fsp3) is 0.632. The monoisotopic (exact) mass is 318 g/mol. The highest BCUT2D eigenvalue weighted by Gasteiger charge is 2.60. The third-order valence-electron chi connectivity index (χ3n) is 7.10. The van der Waals surface area contributed by atoms with Crippen molar-refractivity contribution in [3.63, 3.8) is 0 Å². The van der Waals surface area contributed by atoms with Crippen molar-refractivity contribution in [1.82, 2.24) is 0 Å². The second kappa shape index (κ2) is 4.99. The molecule has 0 saturated heterocycles. The van der Waals surface area contributed by atoms with Crippen LogP contribution in [0.5, 0.6) is 0 Å². The largest absolute Gasteiger partial charge is 0.481 e. The minimum Gasteiger partial charge on any atom is -0.481 e. The van der Waals surface area contributed by atoms with E-state index in [1.807, 2.05) is 18.2 Å². The molecule has 1 N–H and O–H groups in total. The summed E-state index contributed by atoms with van der Waals surface area (Å²) in [6, 6.07) is 8.00. The number of hydrogen-bond donors (Lipinski definition) is 1. The molecular weight excluding hydrogens is 296 g/mol. The highest BCUT2D eigenvalue weighted by Crippen LogP contribution is 2.65. The molecule has 4 aliphatic carbocycles. The van der Waals surface area contributed by atoms with Crippen LogP contribution < -0.4 is 0 Å². The van der Waals surface area contributed by atoms with Gasteiger partial charge in [0.2, 0.25) is 0 Å². The van der Waals surface area contributed by atoms with Crippen LogP contribution in [-0.2, 0) is 10.2 Å². The van der Waals surface area contributed by atoms with E-state index in [0.717, 1.165) is 22.8 Å². The maximum atomic E-state index is 11.7. The molecule has 1 aromatic rings. The fourth-order valence-electron chi connectivity index (χ4n) is 6.16. The minimum atomic E-state index is -0.666. The summed E-state index contributed by atoms with van der Waals surface area (Å²) in [7, 11) is 0. The summed E-state index contributed by atoms with van der Waals surface area (Å²) in [6.07, 6.45) is 5.07. The topological polar surface area (TPSA) is 37.3 Å². The molecule has 4 aliphatic rings. The molecule has 1 aromatic carbocycles. The molecule has 0 aromatic heterocycles. The number of carboxylic acid groups (broad SMARTS) is 1. The Balaban J connectivity index is 1.81. The minimum absolute atomic E-state index is 0.191. The molecule has 4 saturated carbocycles. The van der Waals surface area contributed by atoms with Gasteiger partial charge in [0.1, 0.15) is 0 Å². The first-order valence-electron chi connectivity index (χ1n) is 8.48. The Hall–Kier alpha value is -1.02. The molecular formula is C19H23ClO2. The van der Waals surface area contributed by atoms with Gasteiger partial charge in [-0.25, -0.2) is 0 Å². The standard InChI is InChI=1S/C19H23ClO2/c1-11-12-5-15-7-13(11)8-16(6-12)19(15,10-18(21)22)14-3-2-4-17(20)9-14/h2-4,9,11-13,15-16H,5-8,10H2,1H3,(H,21,22). The molecule has 22 heavy (non-hydrogen) atoms. The van der Waals surface area contributed by atoms with Crippen LogP contribution in [0.1, 0.15) is 44.6 Å². The summed E-state index contributed by atoms with van der Waals surface area (Å²) in [5.74, 6) is 2.81. The molecule has 118 valence electrons. The van der Waals surface area contributed by atoms with Crippen molar-refractivity contribution in [3.8, 4) is 0 Å². The first-order valence-corrected chi connectivity index (χ1v) is 8.86. The van der Waals surface area contributed by atoms with Crippen LogP contribution in [0, 0.1) is 29.6 Å². The average Bonchev–Trinajstić information content (AvgIpc) is 2.44. The van der Waals surface area contributed by atoms with Crippen molar-refractivity contribution in [2.24, 2.45) is 29.6 Å². The molecule has 4 bridgehead atoms. The van der Waals surface area contributed by atoms with Crippen molar-refractivity contribution in [1.29, 1.82) is 0 Å². The van der Waals surface area contributed by atoms with Crippen molar-refractivity contribution in [3.05, 3.63) is 34.9 Å². The molecule has 0 aliphatic heterocycles. The van der Waals surface area contributed by atoms with Crippen LogP contribution in [0.25, 0.3) is 0 Å². The Kier molecular flexibility index (Phi) is 3.30. The molecule has 0 amide bonds. The van der Waals surface area contributed by atoms with Crippen LogP contribution in [0.3, 0.4) is 0 Å². The van der Waals surface area contributed by atoms with Crippen molar-refractivity contribution >= 4 is 17.6 Å². The molecule has 4 fully saturated rings. The Morgan fingerprint density at radius 3 is 2.32 bits per heavy atom. The van der Waals surface area contributed by atoms with Crippen LogP contribution in [-0.4, -0.2) is 11.1 Å². The van der Waals surface area contributed by atoms with Gasteiger partial charge in [0.15, 0.2) is 0 Å². The lowest BCUT2D eigenvalue weighted by Gasteiger charge is -2.63. The van der Waals surface area contributed by atoms with Gasteiger partial charge in [-0.05, 0) is 73.0 Å². The van der Waals surface area contributed by atoms with Crippen molar-refractivity contribution in [2.45, 2.75) is 44.4 Å². The number of halogens is 1. The number of carbonyl (C=O) groups is 1. The first kappa shape index (κ1) is 14.6. The second-order valence-corrected chi connectivity index (χ2v) is 8.27. The molecule has 0 atom stereocenters. The van der Waals surface area contributed by atoms with E-state index in [2.05, 4.69) is 13.0 Å². The quantitative estimate of drug-likeness (QED) is 0.872. The van der Waals surface area contributed by atoms with Crippen LogP contribution in [0.4, 0.5) is 0 Å². The van der Waals surface area contributed by atoms with Gasteiger partial charge in [-0.3, -0.25) is 4.79 Å². The zero-order valence-corrected chi connectivity index (χ0v) is 13.7. The Bertz CT molecular complexity index is 579. The first-order chi connectivity index (χ1) is 10.5. The Morgan fingerprint density at radius 2 is 1.82 bits per heavy atom. The van der Waals surface area contributed by atoms with E-state index in [1.54, 1.807) is 0 Å². The molecule has 0 spiro atoms. The van der Waals surface area contributed by atoms with E-state index in [4.69, 9.17) is 11.6 Å². The maximum absolute atomic E-state index is 11.7. The summed E-state index contributed by atoms with van der Waals surface area (Å²) in [4.78, 5) is 11.7. The Morgan fingerprint density at radius 1 is 1.23 bits per heavy atom.